The van der Waals surface area contributed by atoms with Crippen molar-refractivity contribution >= 4 is 41.5 Å². The van der Waals surface area contributed by atoms with Gasteiger partial charge >= 0.3 is 0 Å². The molecule has 1 aliphatic rings. The molecule has 1 heterocycles. The van der Waals surface area contributed by atoms with E-state index in [-0.39, 0.29) is 35.8 Å². The fourth-order valence-corrected chi connectivity index (χ4v) is 2.34. The van der Waals surface area contributed by atoms with Crippen molar-refractivity contribution in [1.82, 2.24) is 10.2 Å². The SMILES string of the molecule is CN=C(NCC1CC(=O)Nc2ccccc21)N(C)C.I. The molecule has 0 saturated heterocycles. The Kier molecular flexibility index (Phi) is 6.25. The maximum atomic E-state index is 11.7. The van der Waals surface area contributed by atoms with Gasteiger partial charge in [-0.3, -0.25) is 9.79 Å². The molecule has 1 aliphatic heterocycles. The van der Waals surface area contributed by atoms with Gasteiger partial charge in [0.25, 0.3) is 0 Å². The van der Waals surface area contributed by atoms with Gasteiger partial charge in [-0.25, -0.2) is 0 Å². The predicted molar refractivity (Wildman–Crippen MR) is 92.9 cm³/mol. The van der Waals surface area contributed by atoms with Crippen molar-refractivity contribution in [3.63, 3.8) is 0 Å². The summed E-state index contributed by atoms with van der Waals surface area (Å²) in [5.74, 6) is 1.08. The number of carbonyl (C=O) groups is 1. The number of hydrogen-bond acceptors (Lipinski definition) is 2. The molecule has 0 bridgehead atoms. The average molecular weight is 388 g/mol. The molecule has 1 unspecified atom stereocenters. The molecule has 0 aliphatic carbocycles. The van der Waals surface area contributed by atoms with E-state index in [1.165, 1.54) is 5.56 Å². The molecule has 5 nitrogen and oxygen atoms in total. The number of hydrogen-bond donors (Lipinski definition) is 2. The molecule has 0 radical (unpaired) electrons. The van der Waals surface area contributed by atoms with Crippen molar-refractivity contribution in [2.24, 2.45) is 4.99 Å². The van der Waals surface area contributed by atoms with Crippen molar-refractivity contribution in [3.8, 4) is 0 Å². The molecular formula is C14H21IN4O. The molecule has 0 spiro atoms. The quantitative estimate of drug-likeness (QED) is 0.462. The first-order valence-electron chi connectivity index (χ1n) is 6.38. The molecule has 110 valence electrons. The maximum Gasteiger partial charge on any atom is 0.225 e. The van der Waals surface area contributed by atoms with Gasteiger partial charge in [-0.2, -0.15) is 0 Å². The number of aliphatic imine (C=N–C) groups is 1. The summed E-state index contributed by atoms with van der Waals surface area (Å²) < 4.78 is 0. The van der Waals surface area contributed by atoms with Gasteiger partial charge in [0.05, 0.1) is 0 Å². The van der Waals surface area contributed by atoms with Crippen LogP contribution in [0.15, 0.2) is 29.3 Å². The molecular weight excluding hydrogens is 367 g/mol. The Morgan fingerprint density at radius 1 is 1.45 bits per heavy atom. The van der Waals surface area contributed by atoms with Crippen molar-refractivity contribution in [1.29, 1.82) is 0 Å². The Labute approximate surface area is 136 Å². The van der Waals surface area contributed by atoms with Crippen molar-refractivity contribution in [2.45, 2.75) is 12.3 Å². The zero-order valence-electron chi connectivity index (χ0n) is 12.0. The lowest BCUT2D eigenvalue weighted by molar-refractivity contribution is -0.116. The van der Waals surface area contributed by atoms with Crippen LogP contribution >= 0.6 is 24.0 Å². The smallest absolute Gasteiger partial charge is 0.225 e. The number of benzene rings is 1. The van der Waals surface area contributed by atoms with Gasteiger partial charge in [-0.1, -0.05) is 18.2 Å². The minimum absolute atomic E-state index is 0. The van der Waals surface area contributed by atoms with Crippen LogP contribution in [-0.2, 0) is 4.79 Å². The highest BCUT2D eigenvalue weighted by molar-refractivity contribution is 14.0. The highest BCUT2D eigenvalue weighted by atomic mass is 127. The lowest BCUT2D eigenvalue weighted by Gasteiger charge is -2.27. The van der Waals surface area contributed by atoms with Crippen LogP contribution in [0.2, 0.25) is 0 Å². The monoisotopic (exact) mass is 388 g/mol. The summed E-state index contributed by atoms with van der Waals surface area (Å²) >= 11 is 0. The van der Waals surface area contributed by atoms with Gasteiger partial charge in [-0.15, -0.1) is 24.0 Å². The van der Waals surface area contributed by atoms with Crippen LogP contribution in [0.25, 0.3) is 0 Å². The minimum Gasteiger partial charge on any atom is -0.356 e. The third-order valence-corrected chi connectivity index (χ3v) is 3.25. The molecule has 1 aromatic carbocycles. The summed E-state index contributed by atoms with van der Waals surface area (Å²) in [6.45, 7) is 0.704. The first-order chi connectivity index (χ1) is 9.11. The summed E-state index contributed by atoms with van der Waals surface area (Å²) in [4.78, 5) is 17.8. The molecule has 0 fully saturated rings. The largest absolute Gasteiger partial charge is 0.356 e. The van der Waals surface area contributed by atoms with Gasteiger partial charge in [0.15, 0.2) is 5.96 Å². The summed E-state index contributed by atoms with van der Waals surface area (Å²) in [7, 11) is 5.64. The van der Waals surface area contributed by atoms with Crippen LogP contribution in [0, 0.1) is 0 Å². The number of amides is 1. The number of guanidine groups is 1. The third-order valence-electron chi connectivity index (χ3n) is 3.25. The molecule has 20 heavy (non-hydrogen) atoms. The van der Waals surface area contributed by atoms with Gasteiger partial charge in [0, 0.05) is 45.7 Å². The van der Waals surface area contributed by atoms with Crippen molar-refractivity contribution in [3.05, 3.63) is 29.8 Å². The molecule has 1 atom stereocenters. The van der Waals surface area contributed by atoms with E-state index in [1.807, 2.05) is 37.2 Å². The predicted octanol–water partition coefficient (Wildman–Crippen LogP) is 1.87. The summed E-state index contributed by atoms with van der Waals surface area (Å²) in [6.07, 6.45) is 0.508. The van der Waals surface area contributed by atoms with Crippen LogP contribution < -0.4 is 10.6 Å². The van der Waals surface area contributed by atoms with Gasteiger partial charge in [0.1, 0.15) is 0 Å². The fraction of sp³-hybridized carbons (Fsp3) is 0.429. The number of halogens is 1. The Balaban J connectivity index is 0.00000200. The van der Waals surface area contributed by atoms with Crippen LogP contribution in [0.5, 0.6) is 0 Å². The van der Waals surface area contributed by atoms with Crippen LogP contribution in [0.1, 0.15) is 17.9 Å². The molecule has 1 amide bonds. The molecule has 2 N–H and O–H groups in total. The lowest BCUT2D eigenvalue weighted by Crippen LogP contribution is -2.39. The number of nitrogens with one attached hydrogen (secondary N) is 2. The van der Waals surface area contributed by atoms with Gasteiger partial charge in [-0.05, 0) is 11.6 Å². The summed E-state index contributed by atoms with van der Waals surface area (Å²) in [5, 5.41) is 6.20. The standard InChI is InChI=1S/C14H20N4O.HI/c1-15-14(18(2)3)16-9-10-8-13(19)17-12-7-5-4-6-11(10)12;/h4-7,10H,8-9H2,1-3H3,(H,15,16)(H,17,19);1H. The number of anilines is 1. The van der Waals surface area contributed by atoms with Gasteiger partial charge < -0.3 is 15.5 Å². The zero-order chi connectivity index (χ0) is 13.8. The zero-order valence-corrected chi connectivity index (χ0v) is 14.3. The van der Waals surface area contributed by atoms with Crippen LogP contribution in [0.3, 0.4) is 0 Å². The topological polar surface area (TPSA) is 56.7 Å². The first-order valence-corrected chi connectivity index (χ1v) is 6.38. The van der Waals surface area contributed by atoms with E-state index < -0.39 is 0 Å². The van der Waals surface area contributed by atoms with Crippen LogP contribution in [-0.4, -0.2) is 44.5 Å². The van der Waals surface area contributed by atoms with E-state index >= 15 is 0 Å². The Morgan fingerprint density at radius 2 is 2.15 bits per heavy atom. The molecule has 2 rings (SSSR count). The molecule has 1 aromatic rings. The fourth-order valence-electron chi connectivity index (χ4n) is 2.34. The van der Waals surface area contributed by atoms with Crippen molar-refractivity contribution in [2.75, 3.05) is 33.0 Å². The second kappa shape index (κ2) is 7.47. The number of rotatable bonds is 2. The highest BCUT2D eigenvalue weighted by Gasteiger charge is 2.24. The van der Waals surface area contributed by atoms with Gasteiger partial charge in [0.2, 0.25) is 5.91 Å². The maximum absolute atomic E-state index is 11.7. The highest BCUT2D eigenvalue weighted by Crippen LogP contribution is 2.31. The number of carbonyl (C=O) groups excluding carboxylic acids is 1. The van der Waals surface area contributed by atoms with E-state index in [9.17, 15) is 4.79 Å². The number of para-hydroxylation sites is 1. The summed E-state index contributed by atoms with van der Waals surface area (Å²) in [6, 6.07) is 7.96. The van der Waals surface area contributed by atoms with E-state index in [0.29, 0.717) is 13.0 Å². The summed E-state index contributed by atoms with van der Waals surface area (Å²) in [5.41, 5.74) is 2.11. The number of fused-ring (bicyclic) bond motifs is 1. The van der Waals surface area contributed by atoms with Crippen LogP contribution in [0.4, 0.5) is 5.69 Å². The average Bonchev–Trinajstić information content (AvgIpc) is 2.38. The molecule has 0 saturated carbocycles. The minimum atomic E-state index is 0. The van der Waals surface area contributed by atoms with E-state index in [0.717, 1.165) is 11.6 Å². The molecule has 0 aromatic heterocycles. The van der Waals surface area contributed by atoms with E-state index in [2.05, 4.69) is 21.7 Å². The second-order valence-electron chi connectivity index (χ2n) is 4.86. The lowest BCUT2D eigenvalue weighted by atomic mass is 9.90. The molecule has 6 heteroatoms. The first kappa shape index (κ1) is 16.7. The normalized spacial score (nSPS) is 17.6. The Hall–Kier alpha value is -1.31. The van der Waals surface area contributed by atoms with E-state index in [4.69, 9.17) is 0 Å². The van der Waals surface area contributed by atoms with E-state index in [1.54, 1.807) is 7.05 Å². The second-order valence-corrected chi connectivity index (χ2v) is 4.86. The third kappa shape index (κ3) is 3.84. The number of nitrogens with zero attached hydrogens (tertiary/aromatic N) is 2. The Bertz CT molecular complexity index is 502. The van der Waals surface area contributed by atoms with Crippen molar-refractivity contribution < 1.29 is 4.79 Å². The Morgan fingerprint density at radius 3 is 2.80 bits per heavy atom.